The largest absolute Gasteiger partial charge is 0.398 e. The third-order valence-electron chi connectivity index (χ3n) is 3.24. The molecule has 0 unspecified atom stereocenters. The maximum absolute atomic E-state index is 5.99. The molecule has 0 spiro atoms. The Morgan fingerprint density at radius 3 is 2.76 bits per heavy atom. The standard InChI is InChI=1S/C14H22N2S/c1-12-5-6-14(13(15)11-12)17-10-4-9-16-7-2-3-8-16/h5-6,11H,2-4,7-10,15H2,1H3. The van der Waals surface area contributed by atoms with Crippen LogP contribution in [0.15, 0.2) is 23.1 Å². The molecular weight excluding hydrogens is 228 g/mol. The Kier molecular flexibility index (Phi) is 4.75. The average molecular weight is 250 g/mol. The van der Waals surface area contributed by atoms with E-state index in [2.05, 4.69) is 30.0 Å². The number of nitrogens with two attached hydrogens (primary N) is 1. The van der Waals surface area contributed by atoms with Crippen LogP contribution in [-0.2, 0) is 0 Å². The molecule has 2 nitrogen and oxygen atoms in total. The van der Waals surface area contributed by atoms with Crippen LogP contribution in [-0.4, -0.2) is 30.3 Å². The number of nitrogens with zero attached hydrogens (tertiary/aromatic N) is 1. The van der Waals surface area contributed by atoms with Crippen LogP contribution in [0.5, 0.6) is 0 Å². The fraction of sp³-hybridized carbons (Fsp3) is 0.571. The average Bonchev–Trinajstić information content (AvgIpc) is 2.79. The molecule has 17 heavy (non-hydrogen) atoms. The van der Waals surface area contributed by atoms with Crippen LogP contribution >= 0.6 is 11.8 Å². The molecule has 0 amide bonds. The summed E-state index contributed by atoms with van der Waals surface area (Å²) in [6.45, 7) is 5.94. The highest BCUT2D eigenvalue weighted by Gasteiger charge is 2.10. The fourth-order valence-electron chi connectivity index (χ4n) is 2.28. The van der Waals surface area contributed by atoms with Crippen LogP contribution < -0.4 is 5.73 Å². The summed E-state index contributed by atoms with van der Waals surface area (Å²) in [7, 11) is 0. The van der Waals surface area contributed by atoms with Crippen molar-refractivity contribution in [3.05, 3.63) is 23.8 Å². The fourth-order valence-corrected chi connectivity index (χ4v) is 3.16. The zero-order valence-electron chi connectivity index (χ0n) is 10.6. The van der Waals surface area contributed by atoms with Gasteiger partial charge in [-0.25, -0.2) is 0 Å². The monoisotopic (exact) mass is 250 g/mol. The molecule has 1 aromatic carbocycles. The Hall–Kier alpha value is -0.670. The second-order valence-corrected chi connectivity index (χ2v) is 5.93. The van der Waals surface area contributed by atoms with Crippen molar-refractivity contribution in [3.8, 4) is 0 Å². The normalized spacial score (nSPS) is 16.5. The van der Waals surface area contributed by atoms with Gasteiger partial charge in [-0.05, 0) is 69.3 Å². The maximum atomic E-state index is 5.99. The predicted molar refractivity (Wildman–Crippen MR) is 76.6 cm³/mol. The molecule has 1 aliphatic heterocycles. The van der Waals surface area contributed by atoms with Gasteiger partial charge < -0.3 is 10.6 Å². The summed E-state index contributed by atoms with van der Waals surface area (Å²) in [5, 5.41) is 0. The van der Waals surface area contributed by atoms with Crippen LogP contribution in [0, 0.1) is 6.92 Å². The molecule has 1 aromatic rings. The Balaban J connectivity index is 1.70. The van der Waals surface area contributed by atoms with Crippen molar-refractivity contribution in [2.75, 3.05) is 31.1 Å². The third-order valence-corrected chi connectivity index (χ3v) is 4.42. The van der Waals surface area contributed by atoms with Crippen molar-refractivity contribution in [1.29, 1.82) is 0 Å². The van der Waals surface area contributed by atoms with Crippen LogP contribution in [0.1, 0.15) is 24.8 Å². The van der Waals surface area contributed by atoms with E-state index in [0.29, 0.717) is 0 Å². The molecule has 0 aromatic heterocycles. The molecule has 1 saturated heterocycles. The van der Waals surface area contributed by atoms with Gasteiger partial charge in [-0.2, -0.15) is 0 Å². The molecule has 0 aliphatic carbocycles. The van der Waals surface area contributed by atoms with Crippen molar-refractivity contribution >= 4 is 17.4 Å². The molecule has 1 aliphatic rings. The van der Waals surface area contributed by atoms with E-state index in [9.17, 15) is 0 Å². The second kappa shape index (κ2) is 6.31. The van der Waals surface area contributed by atoms with E-state index in [1.54, 1.807) is 0 Å². The van der Waals surface area contributed by atoms with E-state index >= 15 is 0 Å². The van der Waals surface area contributed by atoms with Gasteiger partial charge in [0, 0.05) is 10.6 Å². The number of thioether (sulfide) groups is 1. The van der Waals surface area contributed by atoms with Gasteiger partial charge in [-0.3, -0.25) is 0 Å². The van der Waals surface area contributed by atoms with Gasteiger partial charge in [-0.1, -0.05) is 6.07 Å². The van der Waals surface area contributed by atoms with Crippen LogP contribution in [0.2, 0.25) is 0 Å². The lowest BCUT2D eigenvalue weighted by atomic mass is 10.2. The van der Waals surface area contributed by atoms with Gasteiger partial charge in [0.05, 0.1) is 0 Å². The van der Waals surface area contributed by atoms with Gasteiger partial charge in [0.15, 0.2) is 0 Å². The van der Waals surface area contributed by atoms with E-state index in [1.165, 1.54) is 55.1 Å². The van der Waals surface area contributed by atoms with E-state index in [1.807, 2.05) is 11.8 Å². The van der Waals surface area contributed by atoms with Gasteiger partial charge >= 0.3 is 0 Å². The first-order valence-corrected chi connectivity index (χ1v) is 7.45. The van der Waals surface area contributed by atoms with E-state index < -0.39 is 0 Å². The van der Waals surface area contributed by atoms with E-state index in [0.717, 1.165) is 5.69 Å². The van der Waals surface area contributed by atoms with Gasteiger partial charge in [0.1, 0.15) is 0 Å². The van der Waals surface area contributed by atoms with Crippen molar-refractivity contribution in [3.63, 3.8) is 0 Å². The smallest absolute Gasteiger partial charge is 0.0454 e. The highest BCUT2D eigenvalue weighted by Crippen LogP contribution is 2.26. The molecule has 0 radical (unpaired) electrons. The lowest BCUT2D eigenvalue weighted by Gasteiger charge is -2.14. The summed E-state index contributed by atoms with van der Waals surface area (Å²) in [4.78, 5) is 3.80. The molecule has 2 N–H and O–H groups in total. The zero-order chi connectivity index (χ0) is 12.1. The molecule has 0 atom stereocenters. The zero-order valence-corrected chi connectivity index (χ0v) is 11.4. The first kappa shape index (κ1) is 12.8. The topological polar surface area (TPSA) is 29.3 Å². The van der Waals surface area contributed by atoms with Gasteiger partial charge in [0.2, 0.25) is 0 Å². The van der Waals surface area contributed by atoms with Crippen molar-refractivity contribution < 1.29 is 0 Å². The number of anilines is 1. The van der Waals surface area contributed by atoms with Gasteiger partial charge in [0.25, 0.3) is 0 Å². The third kappa shape index (κ3) is 3.93. The number of aryl methyl sites for hydroxylation is 1. The second-order valence-electron chi connectivity index (χ2n) is 4.79. The van der Waals surface area contributed by atoms with Crippen molar-refractivity contribution in [1.82, 2.24) is 4.90 Å². The van der Waals surface area contributed by atoms with Gasteiger partial charge in [-0.15, -0.1) is 11.8 Å². The Morgan fingerprint density at radius 2 is 2.06 bits per heavy atom. The quantitative estimate of drug-likeness (QED) is 0.494. The van der Waals surface area contributed by atoms with Crippen LogP contribution in [0.25, 0.3) is 0 Å². The molecule has 1 fully saturated rings. The number of hydrogen-bond acceptors (Lipinski definition) is 3. The Morgan fingerprint density at radius 1 is 1.29 bits per heavy atom. The molecule has 1 heterocycles. The molecule has 2 rings (SSSR count). The van der Waals surface area contributed by atoms with Crippen molar-refractivity contribution in [2.24, 2.45) is 0 Å². The van der Waals surface area contributed by atoms with Crippen molar-refractivity contribution in [2.45, 2.75) is 31.1 Å². The summed E-state index contributed by atoms with van der Waals surface area (Å²) < 4.78 is 0. The molecule has 3 heteroatoms. The lowest BCUT2D eigenvalue weighted by Crippen LogP contribution is -2.20. The highest BCUT2D eigenvalue weighted by molar-refractivity contribution is 7.99. The Labute approximate surface area is 109 Å². The molecule has 0 saturated carbocycles. The maximum Gasteiger partial charge on any atom is 0.0454 e. The first-order valence-electron chi connectivity index (χ1n) is 6.47. The summed E-state index contributed by atoms with van der Waals surface area (Å²) in [5.41, 5.74) is 8.16. The highest BCUT2D eigenvalue weighted by atomic mass is 32.2. The van der Waals surface area contributed by atoms with E-state index in [-0.39, 0.29) is 0 Å². The summed E-state index contributed by atoms with van der Waals surface area (Å²) in [6, 6.07) is 6.34. The molecular formula is C14H22N2S. The summed E-state index contributed by atoms with van der Waals surface area (Å²) in [6.07, 6.45) is 4.04. The summed E-state index contributed by atoms with van der Waals surface area (Å²) >= 11 is 1.89. The predicted octanol–water partition coefficient (Wildman–Crippen LogP) is 3.16. The van der Waals surface area contributed by atoms with Crippen LogP contribution in [0.4, 0.5) is 5.69 Å². The molecule has 94 valence electrons. The number of benzene rings is 1. The number of likely N-dealkylation sites (tertiary alicyclic amines) is 1. The minimum Gasteiger partial charge on any atom is -0.398 e. The van der Waals surface area contributed by atoms with E-state index in [4.69, 9.17) is 5.73 Å². The first-order chi connectivity index (χ1) is 8.25. The number of nitrogen functional groups attached to an aromatic ring is 1. The Bertz CT molecular complexity index is 359. The lowest BCUT2D eigenvalue weighted by molar-refractivity contribution is 0.341. The van der Waals surface area contributed by atoms with Crippen LogP contribution in [0.3, 0.4) is 0 Å². The summed E-state index contributed by atoms with van der Waals surface area (Å²) in [5.74, 6) is 1.17. The SMILES string of the molecule is Cc1ccc(SCCCN2CCCC2)c(N)c1. The molecule has 0 bridgehead atoms. The number of hydrogen-bond donors (Lipinski definition) is 1. The minimum absolute atomic E-state index is 0.927. The number of rotatable bonds is 5. The minimum atomic E-state index is 0.927.